The number of nitrogens with two attached hydrogens (primary N) is 1. The topological polar surface area (TPSA) is 49.5 Å². The number of hydrogen-bond acceptors (Lipinski definition) is 1. The van der Waals surface area contributed by atoms with Crippen molar-refractivity contribution in [2.45, 2.75) is 33.2 Å². The van der Waals surface area contributed by atoms with Gasteiger partial charge in [0.15, 0.2) is 0 Å². The highest BCUT2D eigenvalue weighted by Crippen LogP contribution is 2.14. The molecule has 0 atom stereocenters. The molecular weight excluding hydrogens is 224 g/mol. The molecule has 1 aromatic heterocycles. The Balaban J connectivity index is 2.24. The summed E-state index contributed by atoms with van der Waals surface area (Å²) >= 11 is 0. The second-order valence-electron chi connectivity index (χ2n) is 4.80. The maximum Gasteiger partial charge on any atom is 0.257 e. The lowest BCUT2D eigenvalue weighted by atomic mass is 10.1. The second-order valence-corrected chi connectivity index (χ2v) is 4.80. The number of fused-ring (bicyclic) bond motifs is 1. The van der Waals surface area contributed by atoms with Crippen molar-refractivity contribution in [2.75, 3.05) is 6.54 Å². The fourth-order valence-electron chi connectivity index (χ4n) is 2.19. The van der Waals surface area contributed by atoms with E-state index in [1.807, 2.05) is 31.2 Å². The maximum atomic E-state index is 12.0. The normalized spacial score (nSPS) is 11.0. The van der Waals surface area contributed by atoms with Crippen molar-refractivity contribution in [3.63, 3.8) is 0 Å². The molecule has 0 spiro atoms. The van der Waals surface area contributed by atoms with Crippen LogP contribution < -0.4 is 10.9 Å². The molecule has 0 aliphatic carbocycles. The van der Waals surface area contributed by atoms with E-state index in [1.165, 1.54) is 12.8 Å². The van der Waals surface area contributed by atoms with E-state index in [-0.39, 0.29) is 5.56 Å². The van der Waals surface area contributed by atoms with Gasteiger partial charge in [-0.25, -0.2) is 0 Å². The SMILES string of the molecule is CCCC[NH2+]Cc1cc2cccc(C)c2[nH]c1=O. The molecule has 2 aromatic rings. The summed E-state index contributed by atoms with van der Waals surface area (Å²) in [6, 6.07) is 8.11. The van der Waals surface area contributed by atoms with Gasteiger partial charge in [-0.15, -0.1) is 0 Å². The average molecular weight is 245 g/mol. The Morgan fingerprint density at radius 1 is 1.33 bits per heavy atom. The molecule has 1 aromatic carbocycles. The summed E-state index contributed by atoms with van der Waals surface area (Å²) in [4.78, 5) is 15.0. The van der Waals surface area contributed by atoms with E-state index >= 15 is 0 Å². The number of H-pyrrole nitrogens is 1. The quantitative estimate of drug-likeness (QED) is 0.774. The van der Waals surface area contributed by atoms with E-state index in [2.05, 4.69) is 17.2 Å². The number of rotatable bonds is 5. The number of benzene rings is 1. The van der Waals surface area contributed by atoms with Crippen molar-refractivity contribution in [1.82, 2.24) is 4.98 Å². The number of para-hydroxylation sites is 1. The highest BCUT2D eigenvalue weighted by atomic mass is 16.1. The molecule has 96 valence electrons. The van der Waals surface area contributed by atoms with E-state index < -0.39 is 0 Å². The molecule has 2 rings (SSSR count). The van der Waals surface area contributed by atoms with Gasteiger partial charge in [0.05, 0.1) is 17.6 Å². The molecule has 3 nitrogen and oxygen atoms in total. The zero-order valence-corrected chi connectivity index (χ0v) is 11.1. The Bertz CT molecular complexity index is 587. The van der Waals surface area contributed by atoms with Crippen LogP contribution in [0.1, 0.15) is 30.9 Å². The van der Waals surface area contributed by atoms with Gasteiger partial charge in [0, 0.05) is 0 Å². The molecule has 0 fully saturated rings. The number of pyridine rings is 1. The van der Waals surface area contributed by atoms with E-state index in [9.17, 15) is 4.79 Å². The number of aromatic nitrogens is 1. The van der Waals surface area contributed by atoms with Gasteiger partial charge in [-0.05, 0) is 30.4 Å². The molecule has 0 amide bonds. The number of unbranched alkanes of at least 4 members (excludes halogenated alkanes) is 1. The van der Waals surface area contributed by atoms with Crippen LogP contribution >= 0.6 is 0 Å². The van der Waals surface area contributed by atoms with Crippen LogP contribution in [0.3, 0.4) is 0 Å². The van der Waals surface area contributed by atoms with Crippen molar-refractivity contribution >= 4 is 10.9 Å². The zero-order chi connectivity index (χ0) is 13.0. The lowest BCUT2D eigenvalue weighted by Crippen LogP contribution is -2.82. The number of aryl methyl sites for hydroxylation is 1. The van der Waals surface area contributed by atoms with Crippen molar-refractivity contribution in [3.8, 4) is 0 Å². The van der Waals surface area contributed by atoms with Gasteiger partial charge in [0.2, 0.25) is 0 Å². The highest BCUT2D eigenvalue weighted by molar-refractivity contribution is 5.81. The zero-order valence-electron chi connectivity index (χ0n) is 11.1. The van der Waals surface area contributed by atoms with Gasteiger partial charge in [-0.2, -0.15) is 0 Å². The molecule has 0 radical (unpaired) electrons. The van der Waals surface area contributed by atoms with Crippen LogP contribution in [0.25, 0.3) is 10.9 Å². The third kappa shape index (κ3) is 2.79. The van der Waals surface area contributed by atoms with Gasteiger partial charge in [0.1, 0.15) is 6.54 Å². The second kappa shape index (κ2) is 5.83. The van der Waals surface area contributed by atoms with E-state index in [0.29, 0.717) is 0 Å². The molecule has 18 heavy (non-hydrogen) atoms. The first kappa shape index (κ1) is 12.8. The maximum absolute atomic E-state index is 12.0. The third-order valence-electron chi connectivity index (χ3n) is 3.29. The smallest absolute Gasteiger partial charge is 0.257 e. The van der Waals surface area contributed by atoms with Crippen molar-refractivity contribution in [1.29, 1.82) is 0 Å². The summed E-state index contributed by atoms with van der Waals surface area (Å²) < 4.78 is 0. The molecule has 0 aliphatic rings. The summed E-state index contributed by atoms with van der Waals surface area (Å²) in [7, 11) is 0. The number of hydrogen-bond donors (Lipinski definition) is 2. The first-order valence-electron chi connectivity index (χ1n) is 6.65. The minimum absolute atomic E-state index is 0.0459. The summed E-state index contributed by atoms with van der Waals surface area (Å²) in [5.41, 5.74) is 2.99. The predicted molar refractivity (Wildman–Crippen MR) is 74.7 cm³/mol. The Hall–Kier alpha value is -1.61. The fourth-order valence-corrected chi connectivity index (χ4v) is 2.19. The lowest BCUT2D eigenvalue weighted by Gasteiger charge is -2.05. The van der Waals surface area contributed by atoms with Gasteiger partial charge >= 0.3 is 0 Å². The largest absolute Gasteiger partial charge is 0.342 e. The Labute approximate surface area is 107 Å². The number of quaternary nitrogens is 1. The van der Waals surface area contributed by atoms with Gasteiger partial charge < -0.3 is 10.3 Å². The van der Waals surface area contributed by atoms with Crippen LogP contribution in [0.5, 0.6) is 0 Å². The molecule has 0 unspecified atom stereocenters. The van der Waals surface area contributed by atoms with Crippen LogP contribution in [-0.2, 0) is 6.54 Å². The molecule has 3 heteroatoms. The van der Waals surface area contributed by atoms with Crippen LogP contribution in [0.15, 0.2) is 29.1 Å². The molecule has 0 aliphatic heterocycles. The van der Waals surface area contributed by atoms with Gasteiger partial charge in [0.25, 0.3) is 5.56 Å². The summed E-state index contributed by atoms with van der Waals surface area (Å²) in [5.74, 6) is 0. The monoisotopic (exact) mass is 245 g/mol. The molecule has 0 bridgehead atoms. The summed E-state index contributed by atoms with van der Waals surface area (Å²) in [6.45, 7) is 6.05. The minimum atomic E-state index is 0.0459. The number of nitrogens with one attached hydrogen (secondary N) is 1. The van der Waals surface area contributed by atoms with Gasteiger partial charge in [-0.1, -0.05) is 31.5 Å². The van der Waals surface area contributed by atoms with Crippen LogP contribution in [0.2, 0.25) is 0 Å². The molecule has 0 saturated carbocycles. The van der Waals surface area contributed by atoms with Crippen molar-refractivity contribution < 1.29 is 5.32 Å². The van der Waals surface area contributed by atoms with Crippen LogP contribution in [0.4, 0.5) is 0 Å². The fraction of sp³-hybridized carbons (Fsp3) is 0.400. The van der Waals surface area contributed by atoms with E-state index in [0.717, 1.165) is 35.1 Å². The summed E-state index contributed by atoms with van der Waals surface area (Å²) in [6.07, 6.45) is 2.40. The lowest BCUT2D eigenvalue weighted by molar-refractivity contribution is -0.671. The predicted octanol–water partition coefficient (Wildman–Crippen LogP) is 1.70. The third-order valence-corrected chi connectivity index (χ3v) is 3.29. The Kier molecular flexibility index (Phi) is 4.15. The van der Waals surface area contributed by atoms with E-state index in [4.69, 9.17) is 0 Å². The van der Waals surface area contributed by atoms with E-state index in [1.54, 1.807) is 0 Å². The first-order valence-corrected chi connectivity index (χ1v) is 6.65. The van der Waals surface area contributed by atoms with Crippen molar-refractivity contribution in [2.24, 2.45) is 0 Å². The van der Waals surface area contributed by atoms with Gasteiger partial charge in [-0.3, -0.25) is 4.79 Å². The molecule has 0 saturated heterocycles. The Morgan fingerprint density at radius 2 is 2.17 bits per heavy atom. The minimum Gasteiger partial charge on any atom is -0.342 e. The standard InChI is InChI=1S/C15H20N2O/c1-3-4-8-16-10-13-9-12-7-5-6-11(2)14(12)17-15(13)18/h5-7,9,16H,3-4,8,10H2,1-2H3,(H,17,18)/p+1. The van der Waals surface area contributed by atoms with Crippen molar-refractivity contribution in [3.05, 3.63) is 45.7 Å². The molecular formula is C15H21N2O+. The van der Waals surface area contributed by atoms with Crippen LogP contribution in [0, 0.1) is 6.92 Å². The number of aromatic amines is 1. The highest BCUT2D eigenvalue weighted by Gasteiger charge is 2.05. The average Bonchev–Trinajstić information content (AvgIpc) is 2.36. The summed E-state index contributed by atoms with van der Waals surface area (Å²) in [5, 5.41) is 3.32. The van der Waals surface area contributed by atoms with Crippen LogP contribution in [-0.4, -0.2) is 11.5 Å². The molecule has 3 N–H and O–H groups in total. The molecule has 1 heterocycles. The first-order chi connectivity index (χ1) is 8.72. The Morgan fingerprint density at radius 3 is 2.94 bits per heavy atom.